The van der Waals surface area contributed by atoms with Gasteiger partial charge in [0.25, 0.3) is 0 Å². The number of benzene rings is 3. The molecule has 3 aromatic carbocycles. The van der Waals surface area contributed by atoms with Gasteiger partial charge in [-0.15, -0.1) is 0 Å². The predicted octanol–water partition coefficient (Wildman–Crippen LogP) is 6.03. The summed E-state index contributed by atoms with van der Waals surface area (Å²) in [6.45, 7) is 6.80. The number of amides is 2. The molecule has 1 aliphatic rings. The number of hydrogen-bond donors (Lipinski definition) is 3. The molecular formula is C34H39N5O4. The third kappa shape index (κ3) is 7.54. The van der Waals surface area contributed by atoms with Crippen LogP contribution in [0, 0.1) is 13.8 Å². The molecule has 0 bridgehead atoms. The molecule has 1 aromatic heterocycles. The molecule has 2 heterocycles. The Morgan fingerprint density at radius 2 is 1.88 bits per heavy atom. The zero-order valence-electron chi connectivity index (χ0n) is 24.8. The van der Waals surface area contributed by atoms with Gasteiger partial charge >= 0.3 is 6.09 Å². The third-order valence-electron chi connectivity index (χ3n) is 7.85. The van der Waals surface area contributed by atoms with Gasteiger partial charge < -0.3 is 25.4 Å². The Hall–Kier alpha value is -4.79. The maximum Gasteiger partial charge on any atom is 0.404 e. The molecule has 0 saturated heterocycles. The van der Waals surface area contributed by atoms with Gasteiger partial charge in [-0.25, -0.2) is 4.79 Å². The Morgan fingerprint density at radius 3 is 2.74 bits per heavy atom. The summed E-state index contributed by atoms with van der Waals surface area (Å²) in [7, 11) is 0. The minimum absolute atomic E-state index is 0.130. The molecule has 5 rings (SSSR count). The highest BCUT2D eigenvalue weighted by molar-refractivity contribution is 5.96. The molecule has 0 fully saturated rings. The van der Waals surface area contributed by atoms with Gasteiger partial charge in [-0.2, -0.15) is 5.10 Å². The van der Waals surface area contributed by atoms with Crippen molar-refractivity contribution < 1.29 is 19.4 Å². The maximum absolute atomic E-state index is 13.3. The zero-order chi connectivity index (χ0) is 30.2. The van der Waals surface area contributed by atoms with Crippen molar-refractivity contribution >= 4 is 23.4 Å². The summed E-state index contributed by atoms with van der Waals surface area (Å²) in [4.78, 5) is 25.9. The molecule has 3 N–H and O–H groups in total. The van der Waals surface area contributed by atoms with E-state index in [0.717, 1.165) is 58.8 Å². The van der Waals surface area contributed by atoms with Crippen molar-refractivity contribution in [2.45, 2.75) is 46.1 Å². The Kier molecular flexibility index (Phi) is 9.61. The minimum Gasteiger partial charge on any atom is -0.493 e. The Morgan fingerprint density at radius 1 is 1.05 bits per heavy atom. The van der Waals surface area contributed by atoms with Crippen molar-refractivity contribution in [3.63, 3.8) is 0 Å². The first-order chi connectivity index (χ1) is 20.9. The summed E-state index contributed by atoms with van der Waals surface area (Å²) in [6, 6.07) is 20.3. The van der Waals surface area contributed by atoms with E-state index in [1.807, 2.05) is 58.2 Å². The molecular weight excluding hydrogens is 542 g/mol. The molecule has 43 heavy (non-hydrogen) atoms. The quantitative estimate of drug-likeness (QED) is 0.176. The fraction of sp³-hybridized carbons (Fsp3) is 0.324. The van der Waals surface area contributed by atoms with Crippen LogP contribution >= 0.6 is 0 Å². The predicted molar refractivity (Wildman–Crippen MR) is 169 cm³/mol. The average molecular weight is 582 g/mol. The minimum atomic E-state index is -1.03. The summed E-state index contributed by atoms with van der Waals surface area (Å²) in [5.41, 5.74) is 8.68. The molecule has 0 spiro atoms. The zero-order valence-corrected chi connectivity index (χ0v) is 24.8. The molecule has 0 radical (unpaired) electrons. The van der Waals surface area contributed by atoms with Crippen molar-refractivity contribution in [1.82, 2.24) is 15.1 Å². The third-order valence-corrected chi connectivity index (χ3v) is 7.85. The van der Waals surface area contributed by atoms with Crippen molar-refractivity contribution in [1.29, 1.82) is 0 Å². The fourth-order valence-corrected chi connectivity index (χ4v) is 5.51. The van der Waals surface area contributed by atoms with Crippen molar-refractivity contribution in [2.75, 3.05) is 36.5 Å². The van der Waals surface area contributed by atoms with E-state index in [2.05, 4.69) is 54.0 Å². The molecule has 9 nitrogen and oxygen atoms in total. The highest BCUT2D eigenvalue weighted by Crippen LogP contribution is 2.36. The van der Waals surface area contributed by atoms with E-state index < -0.39 is 6.09 Å². The van der Waals surface area contributed by atoms with Gasteiger partial charge in [0, 0.05) is 49.2 Å². The first-order valence-corrected chi connectivity index (χ1v) is 14.8. The molecule has 0 unspecified atom stereocenters. The van der Waals surface area contributed by atoms with Crippen LogP contribution in [0.3, 0.4) is 0 Å². The monoisotopic (exact) mass is 581 g/mol. The number of carbonyl (C=O) groups is 2. The summed E-state index contributed by atoms with van der Waals surface area (Å²) >= 11 is 0. The largest absolute Gasteiger partial charge is 0.493 e. The van der Waals surface area contributed by atoms with Gasteiger partial charge in [-0.05, 0) is 85.2 Å². The number of aryl methyl sites for hydroxylation is 1. The van der Waals surface area contributed by atoms with Gasteiger partial charge in [-0.3, -0.25) is 9.48 Å². The van der Waals surface area contributed by atoms with Crippen LogP contribution in [-0.2, 0) is 17.8 Å². The van der Waals surface area contributed by atoms with E-state index in [4.69, 9.17) is 9.84 Å². The average Bonchev–Trinajstić information content (AvgIpc) is 3.47. The van der Waals surface area contributed by atoms with Crippen LogP contribution in [0.2, 0.25) is 0 Å². The van der Waals surface area contributed by atoms with Crippen LogP contribution in [0.1, 0.15) is 41.5 Å². The second-order valence-electron chi connectivity index (χ2n) is 10.9. The van der Waals surface area contributed by atoms with Crippen molar-refractivity contribution in [3.05, 3.63) is 95.3 Å². The maximum atomic E-state index is 13.3. The number of rotatable bonds is 12. The van der Waals surface area contributed by atoms with Crippen LogP contribution < -0.4 is 20.3 Å². The van der Waals surface area contributed by atoms with Gasteiger partial charge in [0.15, 0.2) is 0 Å². The highest BCUT2D eigenvalue weighted by atomic mass is 16.5. The van der Waals surface area contributed by atoms with Crippen LogP contribution in [0.5, 0.6) is 5.75 Å². The van der Waals surface area contributed by atoms with E-state index in [1.54, 1.807) is 0 Å². The van der Waals surface area contributed by atoms with Crippen LogP contribution in [0.15, 0.2) is 73.1 Å². The summed E-state index contributed by atoms with van der Waals surface area (Å²) in [5, 5.41) is 18.9. The van der Waals surface area contributed by atoms with Crippen LogP contribution in [0.4, 0.5) is 16.2 Å². The first kappa shape index (κ1) is 29.7. The molecule has 224 valence electrons. The number of nitrogens with zero attached hydrogens (tertiary/aromatic N) is 3. The molecule has 0 atom stereocenters. The van der Waals surface area contributed by atoms with Crippen LogP contribution in [-0.4, -0.2) is 53.1 Å². The summed E-state index contributed by atoms with van der Waals surface area (Å²) in [6.07, 6.45) is 5.86. The Labute approximate surface area is 252 Å². The summed E-state index contributed by atoms with van der Waals surface area (Å²) < 4.78 is 7.90. The van der Waals surface area contributed by atoms with E-state index in [9.17, 15) is 9.59 Å². The lowest BCUT2D eigenvalue weighted by Gasteiger charge is -2.31. The smallest absolute Gasteiger partial charge is 0.404 e. The normalized spacial score (nSPS) is 12.5. The highest BCUT2D eigenvalue weighted by Gasteiger charge is 2.24. The second kappa shape index (κ2) is 13.9. The number of nitrogens with one attached hydrogen (secondary N) is 2. The molecule has 2 amide bonds. The van der Waals surface area contributed by atoms with Crippen molar-refractivity contribution in [2.24, 2.45) is 0 Å². The second-order valence-corrected chi connectivity index (χ2v) is 10.9. The SMILES string of the molecule is Cc1cccc(OCCCC(=O)N2CCCc3c(-c4cnn(Cc5cccc(NCCNC(=O)O)c5)c4)cccc32)c1C. The van der Waals surface area contributed by atoms with E-state index >= 15 is 0 Å². The topological polar surface area (TPSA) is 109 Å². The van der Waals surface area contributed by atoms with Gasteiger partial charge in [0.2, 0.25) is 5.91 Å². The summed E-state index contributed by atoms with van der Waals surface area (Å²) in [5.74, 6) is 1.02. The molecule has 4 aromatic rings. The Balaban J connectivity index is 1.21. The van der Waals surface area contributed by atoms with E-state index in [0.29, 0.717) is 39.1 Å². The number of ether oxygens (including phenoxy) is 1. The van der Waals surface area contributed by atoms with Crippen molar-refractivity contribution in [3.8, 4) is 16.9 Å². The van der Waals surface area contributed by atoms with Gasteiger partial charge in [0.1, 0.15) is 5.75 Å². The van der Waals surface area contributed by atoms with Gasteiger partial charge in [-0.1, -0.05) is 36.4 Å². The number of hydrogen-bond acceptors (Lipinski definition) is 5. The number of fused-ring (bicyclic) bond motifs is 1. The number of anilines is 2. The molecule has 0 aliphatic carbocycles. The van der Waals surface area contributed by atoms with Crippen LogP contribution in [0.25, 0.3) is 11.1 Å². The molecule has 1 aliphatic heterocycles. The lowest BCUT2D eigenvalue weighted by molar-refractivity contribution is -0.118. The lowest BCUT2D eigenvalue weighted by atomic mass is 9.93. The Bertz CT molecular complexity index is 1580. The van der Waals surface area contributed by atoms with E-state index in [1.165, 1.54) is 11.1 Å². The lowest BCUT2D eigenvalue weighted by Crippen LogP contribution is -2.35. The first-order valence-electron chi connectivity index (χ1n) is 14.8. The number of carbonyl (C=O) groups excluding carboxylic acids is 1. The van der Waals surface area contributed by atoms with E-state index in [-0.39, 0.29) is 5.91 Å². The number of aromatic nitrogens is 2. The number of carboxylic acid groups (broad SMARTS) is 1. The standard InChI is InChI=1S/C34H39N5O4/c1-24-8-3-14-32(25(24)2)43-19-7-15-33(40)39-18-6-12-30-29(11-5-13-31(30)39)27-21-37-38(23-27)22-26-9-4-10-28(20-26)35-16-17-36-34(41)42/h3-5,8-11,13-14,20-21,23,35-36H,6-7,12,15-19,22H2,1-2H3,(H,41,42). The van der Waals surface area contributed by atoms with Gasteiger partial charge in [0.05, 0.1) is 19.3 Å². The molecule has 9 heteroatoms. The fourth-order valence-electron chi connectivity index (χ4n) is 5.51. The molecule has 0 saturated carbocycles.